The van der Waals surface area contributed by atoms with Crippen LogP contribution in [0.25, 0.3) is 11.0 Å². The van der Waals surface area contributed by atoms with Crippen molar-refractivity contribution in [2.24, 2.45) is 7.05 Å². The number of nitrogens with zero attached hydrogens (tertiary/aromatic N) is 7. The van der Waals surface area contributed by atoms with E-state index in [-0.39, 0.29) is 24.1 Å². The Morgan fingerprint density at radius 1 is 1.44 bits per heavy atom. The smallest absolute Gasteiger partial charge is 0.264 e. The lowest BCUT2D eigenvalue weighted by Crippen LogP contribution is -2.36. The first-order chi connectivity index (χ1) is 12.0. The van der Waals surface area contributed by atoms with Crippen molar-refractivity contribution in [3.63, 3.8) is 0 Å². The third-order valence-corrected chi connectivity index (χ3v) is 4.44. The molecule has 1 aliphatic heterocycles. The van der Waals surface area contributed by atoms with Gasteiger partial charge in [-0.3, -0.25) is 18.8 Å². The number of aromatic nitrogens is 6. The number of rotatable bonds is 3. The summed E-state index contributed by atoms with van der Waals surface area (Å²) in [6.07, 6.45) is 4.48. The van der Waals surface area contributed by atoms with Crippen LogP contribution in [0.4, 0.5) is 0 Å². The molecule has 10 nitrogen and oxygen atoms in total. The average molecular weight is 343 g/mol. The fraction of sp³-hybridized carbons (Fsp3) is 0.467. The number of carbonyl (C=O) groups is 1. The lowest BCUT2D eigenvalue weighted by molar-refractivity contribution is -0.133. The Bertz CT molecular complexity index is 1000. The Morgan fingerprint density at radius 2 is 2.28 bits per heavy atom. The molecular formula is C15H17N7O3. The van der Waals surface area contributed by atoms with Gasteiger partial charge in [-0.05, 0) is 12.8 Å². The lowest BCUT2D eigenvalue weighted by Gasteiger charge is -2.22. The summed E-state index contributed by atoms with van der Waals surface area (Å²) < 4.78 is 7.85. The van der Waals surface area contributed by atoms with E-state index in [9.17, 15) is 9.59 Å². The van der Waals surface area contributed by atoms with E-state index in [2.05, 4.69) is 20.2 Å². The van der Waals surface area contributed by atoms with Crippen LogP contribution in [-0.2, 0) is 18.4 Å². The number of amides is 1. The first kappa shape index (κ1) is 15.5. The average Bonchev–Trinajstić information content (AvgIpc) is 3.30. The van der Waals surface area contributed by atoms with Gasteiger partial charge < -0.3 is 9.42 Å². The Hall–Kier alpha value is -3.04. The van der Waals surface area contributed by atoms with Crippen LogP contribution in [0.3, 0.4) is 0 Å². The molecular weight excluding hydrogens is 326 g/mol. The molecule has 130 valence electrons. The summed E-state index contributed by atoms with van der Waals surface area (Å²) >= 11 is 0. The second-order valence-electron chi connectivity index (χ2n) is 6.10. The molecule has 1 amide bonds. The van der Waals surface area contributed by atoms with E-state index >= 15 is 0 Å². The summed E-state index contributed by atoms with van der Waals surface area (Å²) in [5.74, 6) is 0.811. The first-order valence-electron chi connectivity index (χ1n) is 8.01. The SMILES string of the molecule is Cc1nc([C@@H]2CCCN2C(=O)Cn2cnc3c(cnn3C)c2=O)no1. The molecule has 1 saturated heterocycles. The van der Waals surface area contributed by atoms with Crippen molar-refractivity contribution in [1.82, 2.24) is 34.4 Å². The Balaban J connectivity index is 1.59. The summed E-state index contributed by atoms with van der Waals surface area (Å²) in [6, 6.07) is -0.212. The summed E-state index contributed by atoms with van der Waals surface area (Å²) in [6.45, 7) is 2.24. The maximum absolute atomic E-state index is 12.7. The topological polar surface area (TPSA) is 112 Å². The number of fused-ring (bicyclic) bond motifs is 1. The molecule has 4 heterocycles. The zero-order chi connectivity index (χ0) is 17.6. The predicted molar refractivity (Wildman–Crippen MR) is 85.5 cm³/mol. The van der Waals surface area contributed by atoms with E-state index in [0.29, 0.717) is 29.3 Å². The highest BCUT2D eigenvalue weighted by molar-refractivity contribution is 5.78. The van der Waals surface area contributed by atoms with Gasteiger partial charge in [-0.25, -0.2) is 4.98 Å². The minimum absolute atomic E-state index is 0.0794. The van der Waals surface area contributed by atoms with E-state index < -0.39 is 0 Å². The fourth-order valence-electron chi connectivity index (χ4n) is 3.20. The highest BCUT2D eigenvalue weighted by Crippen LogP contribution is 2.30. The van der Waals surface area contributed by atoms with Crippen molar-refractivity contribution in [2.75, 3.05) is 6.54 Å². The standard InChI is InChI=1S/C15H17N7O3/c1-9-18-13(19-25-9)11-4-3-5-22(11)12(23)7-21-8-16-14-10(15(21)24)6-17-20(14)2/h6,8,11H,3-5,7H2,1-2H3/t11-/m0/s1. The van der Waals surface area contributed by atoms with Gasteiger partial charge in [0.05, 0.1) is 12.2 Å². The van der Waals surface area contributed by atoms with Crippen molar-refractivity contribution in [2.45, 2.75) is 32.4 Å². The molecule has 25 heavy (non-hydrogen) atoms. The van der Waals surface area contributed by atoms with E-state index in [1.807, 2.05) is 0 Å². The van der Waals surface area contributed by atoms with Crippen LogP contribution in [0.1, 0.15) is 30.6 Å². The van der Waals surface area contributed by atoms with Gasteiger partial charge in [-0.1, -0.05) is 5.16 Å². The van der Waals surface area contributed by atoms with E-state index in [1.165, 1.54) is 21.8 Å². The monoisotopic (exact) mass is 343 g/mol. The molecule has 0 bridgehead atoms. The fourth-order valence-corrected chi connectivity index (χ4v) is 3.20. The summed E-state index contributed by atoms with van der Waals surface area (Å²) in [5, 5.41) is 8.35. The van der Waals surface area contributed by atoms with Gasteiger partial charge in [-0.2, -0.15) is 10.1 Å². The Morgan fingerprint density at radius 3 is 3.04 bits per heavy atom. The molecule has 0 spiro atoms. The number of aryl methyl sites for hydroxylation is 2. The van der Waals surface area contributed by atoms with Crippen molar-refractivity contribution < 1.29 is 9.32 Å². The third kappa shape index (κ3) is 2.59. The molecule has 1 aliphatic rings. The number of hydrogen-bond donors (Lipinski definition) is 0. The van der Waals surface area contributed by atoms with Gasteiger partial charge in [0.2, 0.25) is 11.8 Å². The molecule has 0 N–H and O–H groups in total. The maximum atomic E-state index is 12.7. The van der Waals surface area contributed by atoms with Crippen LogP contribution >= 0.6 is 0 Å². The molecule has 0 radical (unpaired) electrons. The third-order valence-electron chi connectivity index (χ3n) is 4.44. The van der Waals surface area contributed by atoms with Gasteiger partial charge in [-0.15, -0.1) is 0 Å². The minimum Gasteiger partial charge on any atom is -0.340 e. The van der Waals surface area contributed by atoms with Crippen molar-refractivity contribution in [1.29, 1.82) is 0 Å². The lowest BCUT2D eigenvalue weighted by atomic mass is 10.2. The molecule has 1 fully saturated rings. The Labute approximate surface area is 142 Å². The van der Waals surface area contributed by atoms with Gasteiger partial charge in [0.1, 0.15) is 18.3 Å². The molecule has 0 unspecified atom stereocenters. The van der Waals surface area contributed by atoms with E-state index in [1.54, 1.807) is 18.9 Å². The largest absolute Gasteiger partial charge is 0.340 e. The normalized spacial score (nSPS) is 17.5. The van der Waals surface area contributed by atoms with Crippen LogP contribution in [0.15, 0.2) is 21.8 Å². The predicted octanol–water partition coefficient (Wildman–Crippen LogP) is 0.185. The van der Waals surface area contributed by atoms with Crippen LogP contribution in [0, 0.1) is 6.92 Å². The second-order valence-corrected chi connectivity index (χ2v) is 6.10. The van der Waals surface area contributed by atoms with Crippen LogP contribution in [0.2, 0.25) is 0 Å². The zero-order valence-corrected chi connectivity index (χ0v) is 13.9. The molecule has 3 aromatic heterocycles. The zero-order valence-electron chi connectivity index (χ0n) is 13.9. The van der Waals surface area contributed by atoms with Gasteiger partial charge in [0.25, 0.3) is 5.56 Å². The van der Waals surface area contributed by atoms with E-state index in [4.69, 9.17) is 4.52 Å². The summed E-state index contributed by atoms with van der Waals surface area (Å²) in [7, 11) is 1.71. The van der Waals surface area contributed by atoms with E-state index in [0.717, 1.165) is 12.8 Å². The maximum Gasteiger partial charge on any atom is 0.264 e. The molecule has 0 aliphatic carbocycles. The van der Waals surface area contributed by atoms with Crippen LogP contribution in [0.5, 0.6) is 0 Å². The molecule has 0 aromatic carbocycles. The van der Waals surface area contributed by atoms with Crippen molar-refractivity contribution in [3.05, 3.63) is 34.6 Å². The highest BCUT2D eigenvalue weighted by Gasteiger charge is 2.33. The highest BCUT2D eigenvalue weighted by atomic mass is 16.5. The molecule has 0 saturated carbocycles. The second kappa shape index (κ2) is 5.80. The van der Waals surface area contributed by atoms with Crippen molar-refractivity contribution >= 4 is 16.9 Å². The number of carbonyl (C=O) groups excluding carboxylic acids is 1. The van der Waals surface area contributed by atoms with Gasteiger partial charge >= 0.3 is 0 Å². The van der Waals surface area contributed by atoms with Crippen LogP contribution < -0.4 is 5.56 Å². The number of likely N-dealkylation sites (tertiary alicyclic amines) is 1. The van der Waals surface area contributed by atoms with Crippen LogP contribution in [-0.4, -0.2) is 46.8 Å². The van der Waals surface area contributed by atoms with Gasteiger partial charge in [0, 0.05) is 20.5 Å². The van der Waals surface area contributed by atoms with Gasteiger partial charge in [0.15, 0.2) is 11.5 Å². The Kier molecular flexibility index (Phi) is 3.59. The quantitative estimate of drug-likeness (QED) is 0.667. The first-order valence-corrected chi connectivity index (χ1v) is 8.01. The van der Waals surface area contributed by atoms with Crippen molar-refractivity contribution in [3.8, 4) is 0 Å². The molecule has 1 atom stereocenters. The number of hydrogen-bond acceptors (Lipinski definition) is 7. The summed E-state index contributed by atoms with van der Waals surface area (Å²) in [4.78, 5) is 35.4. The minimum atomic E-state index is -0.280. The molecule has 10 heteroatoms. The molecule has 3 aromatic rings. The molecule has 4 rings (SSSR count). The summed E-state index contributed by atoms with van der Waals surface area (Å²) in [5.41, 5.74) is 0.215.